The van der Waals surface area contributed by atoms with Gasteiger partial charge in [0.15, 0.2) is 0 Å². The number of hydrogen-bond donors (Lipinski definition) is 3. The number of rotatable bonds is 0. The van der Waals surface area contributed by atoms with E-state index in [1.807, 2.05) is 0 Å². The Hall–Kier alpha value is -3.00. The van der Waals surface area contributed by atoms with Crippen molar-refractivity contribution in [1.82, 2.24) is 18.5 Å². The lowest BCUT2D eigenvalue weighted by atomic mass is 10.2. The molecule has 158 valence electrons. The van der Waals surface area contributed by atoms with Gasteiger partial charge in [0.2, 0.25) is 0 Å². The number of hydrogen-bond acceptors (Lipinski definition) is 3. The Morgan fingerprint density at radius 1 is 0.538 bits per heavy atom. The van der Waals surface area contributed by atoms with Crippen molar-refractivity contribution in [1.29, 1.82) is 0 Å². The molecule has 0 aromatic heterocycles. The average Bonchev–Trinajstić information content (AvgIpc) is 2.32. The lowest BCUT2D eigenvalue weighted by molar-refractivity contribution is 0.823. The molecular formula is C17H39N3O6. The number of terminal acetylenes is 6. The zero-order valence-electron chi connectivity index (χ0n) is 14.6. The molecule has 0 atom stereocenters. The fraction of sp³-hybridized carbons (Fsp3) is 0.294. The third kappa shape index (κ3) is 336. The molecule has 0 heterocycles. The molecular weight excluding hydrogens is 342 g/mol. The van der Waals surface area contributed by atoms with Crippen LogP contribution in [0.3, 0.4) is 0 Å². The molecule has 0 rings (SSSR count). The zero-order chi connectivity index (χ0) is 13.2. The maximum Gasteiger partial charge on any atom is 0.0778 e. The SMILES string of the molecule is C.C#CC(C)C#C.C#CCC#C.C#CCC#C.N.N.N.O.O.O.O.O.O. The van der Waals surface area contributed by atoms with Crippen molar-refractivity contribution in [3.63, 3.8) is 0 Å². The van der Waals surface area contributed by atoms with Gasteiger partial charge < -0.3 is 51.3 Å². The second-order valence-corrected chi connectivity index (χ2v) is 2.23. The molecule has 0 aliphatic rings. The van der Waals surface area contributed by atoms with Gasteiger partial charge in [-0.25, -0.2) is 0 Å². The van der Waals surface area contributed by atoms with Crippen LogP contribution in [0.4, 0.5) is 0 Å². The van der Waals surface area contributed by atoms with Crippen LogP contribution in [0.2, 0.25) is 0 Å². The maximum atomic E-state index is 4.89. The molecule has 0 saturated heterocycles. The minimum Gasteiger partial charge on any atom is -0.412 e. The van der Waals surface area contributed by atoms with Crippen molar-refractivity contribution < 1.29 is 32.9 Å². The van der Waals surface area contributed by atoms with Gasteiger partial charge in [0.25, 0.3) is 0 Å². The summed E-state index contributed by atoms with van der Waals surface area (Å²) < 4.78 is 0. The molecule has 21 N–H and O–H groups in total. The zero-order valence-corrected chi connectivity index (χ0v) is 14.6. The predicted octanol–water partition coefficient (Wildman–Crippen LogP) is -1.65. The smallest absolute Gasteiger partial charge is 0.0778 e. The molecule has 0 saturated carbocycles. The maximum absolute atomic E-state index is 4.89. The van der Waals surface area contributed by atoms with E-state index >= 15 is 0 Å². The molecule has 9 heteroatoms. The van der Waals surface area contributed by atoms with E-state index in [2.05, 4.69) is 35.5 Å². The quantitative estimate of drug-likeness (QED) is 0.415. The molecule has 0 amide bonds. The molecule has 9 nitrogen and oxygen atoms in total. The van der Waals surface area contributed by atoms with E-state index in [4.69, 9.17) is 38.5 Å². The molecule has 0 radical (unpaired) electrons. The molecule has 0 aromatic rings. The van der Waals surface area contributed by atoms with E-state index in [0.717, 1.165) is 0 Å². The Balaban J connectivity index is -0.00000000746. The first-order valence-corrected chi connectivity index (χ1v) is 4.30. The topological polar surface area (TPSA) is 294 Å². The lowest BCUT2D eigenvalue weighted by Crippen LogP contribution is -1.78. The third-order valence-corrected chi connectivity index (χ3v) is 0.908. The largest absolute Gasteiger partial charge is 0.412 e. The van der Waals surface area contributed by atoms with E-state index in [9.17, 15) is 0 Å². The summed E-state index contributed by atoms with van der Waals surface area (Å²) >= 11 is 0. The Kier molecular flexibility index (Phi) is 649. The Morgan fingerprint density at radius 3 is 0.692 bits per heavy atom. The third-order valence-electron chi connectivity index (χ3n) is 0.908. The summed E-state index contributed by atoms with van der Waals surface area (Å²) in [6.07, 6.45) is 29.7. The van der Waals surface area contributed by atoms with E-state index in [1.54, 1.807) is 6.92 Å². The van der Waals surface area contributed by atoms with E-state index in [0.29, 0.717) is 12.8 Å². The van der Waals surface area contributed by atoms with Crippen LogP contribution in [-0.2, 0) is 0 Å². The van der Waals surface area contributed by atoms with Crippen molar-refractivity contribution in [2.75, 3.05) is 0 Å². The van der Waals surface area contributed by atoms with Gasteiger partial charge in [-0.2, -0.15) is 0 Å². The first-order valence-electron chi connectivity index (χ1n) is 4.30. The summed E-state index contributed by atoms with van der Waals surface area (Å²) in [6.45, 7) is 1.81. The highest BCUT2D eigenvalue weighted by Gasteiger charge is 1.80. The van der Waals surface area contributed by atoms with Gasteiger partial charge >= 0.3 is 0 Å². The van der Waals surface area contributed by atoms with Gasteiger partial charge in [-0.1, -0.05) is 42.9 Å². The Bertz CT molecular complexity index is 351. The summed E-state index contributed by atoms with van der Waals surface area (Å²) in [6, 6.07) is 0. The van der Waals surface area contributed by atoms with E-state index in [-0.39, 0.29) is 64.7 Å². The standard InChI is InChI=1S/C6H6.2C5H4.CH4.3H3N.6H2O/c1-4-6(3)5-2;2*1-3-5-4-2;;;;;;;;;;/h1-2,6H,3H3;2*1-2H,5H2;1H4;3*1H3;6*1H2. The molecule has 0 aromatic carbocycles. The van der Waals surface area contributed by atoms with Gasteiger partial charge in [-0.05, 0) is 6.92 Å². The van der Waals surface area contributed by atoms with Gasteiger partial charge in [-0.3, -0.25) is 0 Å². The second kappa shape index (κ2) is 152. The highest BCUT2D eigenvalue weighted by atomic mass is 16.0. The summed E-state index contributed by atoms with van der Waals surface area (Å²) in [5.74, 6) is 13.9. The summed E-state index contributed by atoms with van der Waals surface area (Å²) in [4.78, 5) is 0. The highest BCUT2D eigenvalue weighted by molar-refractivity contribution is 5.07. The monoisotopic (exact) mass is 381 g/mol. The van der Waals surface area contributed by atoms with Crippen LogP contribution in [0, 0.1) is 80.0 Å². The molecule has 0 spiro atoms. The Morgan fingerprint density at radius 2 is 0.692 bits per heavy atom. The van der Waals surface area contributed by atoms with Crippen molar-refractivity contribution in [3.05, 3.63) is 0 Å². The van der Waals surface area contributed by atoms with Crippen LogP contribution in [0.5, 0.6) is 0 Å². The van der Waals surface area contributed by atoms with Gasteiger partial charge in [0.05, 0.1) is 18.8 Å². The first-order chi connectivity index (χ1) is 7.64. The molecule has 0 aliphatic heterocycles. The van der Waals surface area contributed by atoms with Crippen molar-refractivity contribution >= 4 is 0 Å². The molecule has 0 bridgehead atoms. The lowest BCUT2D eigenvalue weighted by Gasteiger charge is -1.81. The average molecular weight is 382 g/mol. The van der Waals surface area contributed by atoms with Crippen LogP contribution in [0.15, 0.2) is 0 Å². The normalized spacial score (nSPS) is 3.23. The minimum absolute atomic E-state index is 0. The van der Waals surface area contributed by atoms with Crippen molar-refractivity contribution in [2.24, 2.45) is 5.92 Å². The molecule has 0 aliphatic carbocycles. The van der Waals surface area contributed by atoms with Crippen LogP contribution < -0.4 is 18.5 Å². The van der Waals surface area contributed by atoms with Gasteiger partial charge in [0.1, 0.15) is 0 Å². The Labute approximate surface area is 159 Å². The predicted molar refractivity (Wildman–Crippen MR) is 115 cm³/mol. The van der Waals surface area contributed by atoms with Crippen LogP contribution in [-0.4, -0.2) is 32.9 Å². The summed E-state index contributed by atoms with van der Waals surface area (Å²) in [5.41, 5.74) is 0. The highest BCUT2D eigenvalue weighted by Crippen LogP contribution is 1.82. The minimum atomic E-state index is -0.00926. The summed E-state index contributed by atoms with van der Waals surface area (Å²) in [5, 5.41) is 0. The van der Waals surface area contributed by atoms with E-state index < -0.39 is 0 Å². The van der Waals surface area contributed by atoms with Gasteiger partial charge in [-0.15, -0.1) is 38.5 Å². The fourth-order valence-corrected chi connectivity index (χ4v) is 0.166. The molecule has 0 fully saturated rings. The van der Waals surface area contributed by atoms with Crippen LogP contribution >= 0.6 is 0 Å². The van der Waals surface area contributed by atoms with Crippen molar-refractivity contribution in [3.8, 4) is 74.1 Å². The first kappa shape index (κ1) is 111. The fourth-order valence-electron chi connectivity index (χ4n) is 0.166. The second-order valence-electron chi connectivity index (χ2n) is 2.23. The van der Waals surface area contributed by atoms with Crippen LogP contribution in [0.25, 0.3) is 0 Å². The summed E-state index contributed by atoms with van der Waals surface area (Å²) in [7, 11) is 0. The van der Waals surface area contributed by atoms with Crippen molar-refractivity contribution in [2.45, 2.75) is 27.2 Å². The van der Waals surface area contributed by atoms with E-state index in [1.165, 1.54) is 0 Å². The van der Waals surface area contributed by atoms with Crippen LogP contribution in [0.1, 0.15) is 27.2 Å². The van der Waals surface area contributed by atoms with Gasteiger partial charge in [0, 0.05) is 0 Å². The molecule has 26 heavy (non-hydrogen) atoms. The molecule has 0 unspecified atom stereocenters.